The van der Waals surface area contributed by atoms with Crippen LogP contribution in [0.3, 0.4) is 0 Å². The first-order chi connectivity index (χ1) is 9.60. The van der Waals surface area contributed by atoms with Gasteiger partial charge in [0, 0.05) is 22.5 Å². The number of rotatable bonds is 3. The Bertz CT molecular complexity index is 594. The Hall–Kier alpha value is -0.440. The zero-order valence-electron chi connectivity index (χ0n) is 11.3. The first kappa shape index (κ1) is 14.5. The van der Waals surface area contributed by atoms with Gasteiger partial charge < -0.3 is 0 Å². The summed E-state index contributed by atoms with van der Waals surface area (Å²) in [4.78, 5) is 12.4. The minimum Gasteiger partial charge on any atom is -0.295 e. The fraction of sp³-hybridized carbons (Fsp3) is 0.438. The van der Waals surface area contributed by atoms with E-state index in [0.29, 0.717) is 27.0 Å². The van der Waals surface area contributed by atoms with Gasteiger partial charge in [0.1, 0.15) is 0 Å². The molecule has 0 spiro atoms. The molecule has 20 heavy (non-hydrogen) atoms. The van der Waals surface area contributed by atoms with Crippen molar-refractivity contribution in [2.45, 2.75) is 43.1 Å². The van der Waals surface area contributed by atoms with E-state index in [9.17, 15) is 4.79 Å². The van der Waals surface area contributed by atoms with Crippen LogP contribution in [0.4, 0.5) is 0 Å². The molecule has 1 nitrogen and oxygen atoms in total. The molecule has 1 aromatic carbocycles. The Labute approximate surface area is 133 Å². The van der Waals surface area contributed by atoms with Crippen LogP contribution in [0.5, 0.6) is 0 Å². The number of allylic oxidation sites excluding steroid dienone is 1. The standard InChI is InChI=1S/C16H16Cl2OS/c1-2-14(19)16-11(8-10-4-6-15(16)20-10)9-3-5-12(17)13(18)7-9/h3,5,7,10,15H,2,4,6,8H2,1H3. The molecule has 2 unspecified atom stereocenters. The van der Waals surface area contributed by atoms with E-state index in [2.05, 4.69) is 0 Å². The van der Waals surface area contributed by atoms with Crippen molar-refractivity contribution in [2.75, 3.05) is 0 Å². The lowest BCUT2D eigenvalue weighted by Crippen LogP contribution is -2.19. The van der Waals surface area contributed by atoms with Crippen molar-refractivity contribution in [3.05, 3.63) is 39.4 Å². The highest BCUT2D eigenvalue weighted by Gasteiger charge is 2.37. The van der Waals surface area contributed by atoms with Crippen molar-refractivity contribution < 1.29 is 4.79 Å². The number of fused-ring (bicyclic) bond motifs is 2. The third kappa shape index (κ3) is 2.54. The molecule has 2 bridgehead atoms. The first-order valence-corrected chi connectivity index (χ1v) is 8.67. The number of halogens is 2. The van der Waals surface area contributed by atoms with Gasteiger partial charge in [0.05, 0.1) is 10.0 Å². The van der Waals surface area contributed by atoms with Gasteiger partial charge in [-0.3, -0.25) is 4.79 Å². The molecule has 2 aliphatic rings. The predicted molar refractivity (Wildman–Crippen MR) is 87.7 cm³/mol. The topological polar surface area (TPSA) is 17.1 Å². The van der Waals surface area contributed by atoms with E-state index >= 15 is 0 Å². The summed E-state index contributed by atoms with van der Waals surface area (Å²) in [5.41, 5.74) is 3.29. The van der Waals surface area contributed by atoms with Crippen molar-refractivity contribution in [1.82, 2.24) is 0 Å². The molecule has 1 saturated heterocycles. The highest BCUT2D eigenvalue weighted by molar-refractivity contribution is 8.01. The zero-order chi connectivity index (χ0) is 14.3. The molecule has 0 amide bonds. The molecule has 0 N–H and O–H groups in total. The lowest BCUT2D eigenvalue weighted by atomic mass is 9.92. The van der Waals surface area contributed by atoms with E-state index in [1.165, 1.54) is 12.0 Å². The second-order valence-electron chi connectivity index (χ2n) is 5.33. The number of ketones is 1. The van der Waals surface area contributed by atoms with Gasteiger partial charge in [-0.25, -0.2) is 0 Å². The first-order valence-electron chi connectivity index (χ1n) is 6.97. The van der Waals surface area contributed by atoms with E-state index in [1.54, 1.807) is 0 Å². The summed E-state index contributed by atoms with van der Waals surface area (Å²) in [6.45, 7) is 1.94. The van der Waals surface area contributed by atoms with Gasteiger partial charge in [-0.2, -0.15) is 0 Å². The van der Waals surface area contributed by atoms with Gasteiger partial charge in [0.15, 0.2) is 5.78 Å². The molecule has 4 heteroatoms. The van der Waals surface area contributed by atoms with Crippen LogP contribution in [0.2, 0.25) is 10.0 Å². The maximum atomic E-state index is 12.4. The second kappa shape index (κ2) is 5.75. The zero-order valence-corrected chi connectivity index (χ0v) is 13.6. The summed E-state index contributed by atoms with van der Waals surface area (Å²) in [6.07, 6.45) is 3.88. The Balaban J connectivity index is 2.10. The normalized spacial score (nSPS) is 25.1. The number of Topliss-reactive ketones (excluding diaryl/α,β-unsaturated/α-hetero) is 1. The van der Waals surface area contributed by atoms with Crippen LogP contribution in [0.15, 0.2) is 23.8 Å². The van der Waals surface area contributed by atoms with Crippen molar-refractivity contribution in [2.24, 2.45) is 0 Å². The monoisotopic (exact) mass is 326 g/mol. The minimum absolute atomic E-state index is 0.281. The summed E-state index contributed by atoms with van der Waals surface area (Å²) in [5.74, 6) is 0.281. The smallest absolute Gasteiger partial charge is 0.160 e. The highest BCUT2D eigenvalue weighted by atomic mass is 35.5. The number of carbonyl (C=O) groups excluding carboxylic acids is 1. The molecule has 1 fully saturated rings. The van der Waals surface area contributed by atoms with Gasteiger partial charge in [-0.05, 0) is 42.5 Å². The molecule has 2 atom stereocenters. The fourth-order valence-electron chi connectivity index (χ4n) is 3.10. The number of hydrogen-bond donors (Lipinski definition) is 0. The Morgan fingerprint density at radius 3 is 2.80 bits per heavy atom. The van der Waals surface area contributed by atoms with E-state index in [1.807, 2.05) is 36.9 Å². The van der Waals surface area contributed by atoms with Gasteiger partial charge in [0.25, 0.3) is 0 Å². The van der Waals surface area contributed by atoms with Crippen LogP contribution in [0, 0.1) is 0 Å². The van der Waals surface area contributed by atoms with E-state index < -0.39 is 0 Å². The van der Waals surface area contributed by atoms with Crippen LogP contribution >= 0.6 is 35.0 Å². The molecule has 2 aliphatic heterocycles. The van der Waals surface area contributed by atoms with Crippen LogP contribution < -0.4 is 0 Å². The molecule has 0 aromatic heterocycles. The molecule has 1 aromatic rings. The third-order valence-electron chi connectivity index (χ3n) is 4.08. The lowest BCUT2D eigenvalue weighted by molar-refractivity contribution is -0.115. The van der Waals surface area contributed by atoms with Crippen LogP contribution in [-0.4, -0.2) is 16.3 Å². The number of benzene rings is 1. The summed E-state index contributed by atoms with van der Waals surface area (Å²) in [5, 5.41) is 2.15. The second-order valence-corrected chi connectivity index (χ2v) is 7.65. The molecule has 0 radical (unpaired) electrons. The van der Waals surface area contributed by atoms with Crippen molar-refractivity contribution in [3.63, 3.8) is 0 Å². The van der Waals surface area contributed by atoms with Gasteiger partial charge in [0.2, 0.25) is 0 Å². The lowest BCUT2D eigenvalue weighted by Gasteiger charge is -2.26. The average molecular weight is 327 g/mol. The Morgan fingerprint density at radius 1 is 1.30 bits per heavy atom. The van der Waals surface area contributed by atoms with Crippen LogP contribution in [-0.2, 0) is 4.79 Å². The molecule has 3 rings (SSSR count). The molecular formula is C16H16Cl2OS. The SMILES string of the molecule is CCC(=O)C1=C(c2ccc(Cl)c(Cl)c2)CC2CCC1S2. The predicted octanol–water partition coefficient (Wildman–Crippen LogP) is 5.39. The van der Waals surface area contributed by atoms with Gasteiger partial charge >= 0.3 is 0 Å². The van der Waals surface area contributed by atoms with Gasteiger partial charge in [-0.1, -0.05) is 36.2 Å². The molecule has 106 valence electrons. The third-order valence-corrected chi connectivity index (χ3v) is 6.40. The molecule has 2 heterocycles. The highest BCUT2D eigenvalue weighted by Crippen LogP contribution is 2.49. The quantitative estimate of drug-likeness (QED) is 0.740. The Kier molecular flexibility index (Phi) is 4.16. The summed E-state index contributed by atoms with van der Waals surface area (Å²) in [6, 6.07) is 5.71. The fourth-order valence-corrected chi connectivity index (χ4v) is 5.08. The van der Waals surface area contributed by atoms with Crippen molar-refractivity contribution >= 4 is 46.3 Å². The number of carbonyl (C=O) groups is 1. The minimum atomic E-state index is 0.281. The Morgan fingerprint density at radius 2 is 2.10 bits per heavy atom. The summed E-state index contributed by atoms with van der Waals surface area (Å²) >= 11 is 14.1. The summed E-state index contributed by atoms with van der Waals surface area (Å²) in [7, 11) is 0. The maximum absolute atomic E-state index is 12.4. The number of hydrogen-bond acceptors (Lipinski definition) is 2. The van der Waals surface area contributed by atoms with Gasteiger partial charge in [-0.15, -0.1) is 11.8 Å². The molecular weight excluding hydrogens is 311 g/mol. The van der Waals surface area contributed by atoms with E-state index in [-0.39, 0.29) is 5.78 Å². The van der Waals surface area contributed by atoms with Crippen LogP contribution in [0.1, 0.15) is 38.2 Å². The van der Waals surface area contributed by atoms with Crippen molar-refractivity contribution in [1.29, 1.82) is 0 Å². The van der Waals surface area contributed by atoms with E-state index in [4.69, 9.17) is 23.2 Å². The summed E-state index contributed by atoms with van der Waals surface area (Å²) < 4.78 is 0. The van der Waals surface area contributed by atoms with Crippen LogP contribution in [0.25, 0.3) is 5.57 Å². The largest absolute Gasteiger partial charge is 0.295 e. The van der Waals surface area contributed by atoms with E-state index in [0.717, 1.165) is 24.0 Å². The molecule has 0 saturated carbocycles. The molecule has 0 aliphatic carbocycles. The maximum Gasteiger partial charge on any atom is 0.160 e. The average Bonchev–Trinajstić information content (AvgIpc) is 2.82. The number of thioether (sulfide) groups is 1. The van der Waals surface area contributed by atoms with Crippen molar-refractivity contribution in [3.8, 4) is 0 Å².